The second-order valence-corrected chi connectivity index (χ2v) is 4.78. The molecule has 1 heterocycles. The average molecular weight is 278 g/mol. The summed E-state index contributed by atoms with van der Waals surface area (Å²) in [5.74, 6) is -0.486. The molecule has 2 aromatic carbocycles. The predicted molar refractivity (Wildman–Crippen MR) is 81.6 cm³/mol. The van der Waals surface area contributed by atoms with Gasteiger partial charge in [-0.15, -0.1) is 0 Å². The van der Waals surface area contributed by atoms with E-state index in [1.165, 1.54) is 0 Å². The van der Waals surface area contributed by atoms with Gasteiger partial charge in [0.2, 0.25) is 0 Å². The monoisotopic (exact) mass is 278 g/mol. The van der Waals surface area contributed by atoms with E-state index < -0.39 is 5.91 Å². The Balaban J connectivity index is 2.36. The second-order valence-electron chi connectivity index (χ2n) is 4.78. The van der Waals surface area contributed by atoms with Gasteiger partial charge in [0.05, 0.1) is 16.8 Å². The number of para-hydroxylation sites is 2. The van der Waals surface area contributed by atoms with Crippen LogP contribution in [0.3, 0.4) is 0 Å². The maximum Gasteiger partial charge on any atom is 0.250 e. The summed E-state index contributed by atoms with van der Waals surface area (Å²) in [6.07, 6.45) is 1.14. The zero-order valence-corrected chi connectivity index (χ0v) is 11.3. The molecule has 0 aliphatic heterocycles. The third kappa shape index (κ3) is 2.21. The van der Waals surface area contributed by atoms with Crippen molar-refractivity contribution in [3.63, 3.8) is 0 Å². The molecule has 2 N–H and O–H groups in total. The Hall–Kier alpha value is -2.88. The minimum atomic E-state index is -0.486. The van der Waals surface area contributed by atoms with Crippen molar-refractivity contribution < 1.29 is 9.59 Å². The van der Waals surface area contributed by atoms with Crippen molar-refractivity contribution in [3.8, 4) is 5.69 Å². The number of primary amides is 1. The topological polar surface area (TPSA) is 65.1 Å². The molecule has 21 heavy (non-hydrogen) atoms. The summed E-state index contributed by atoms with van der Waals surface area (Å²) in [4.78, 5) is 22.6. The predicted octanol–water partition coefficient (Wildman–Crippen LogP) is 2.47. The Morgan fingerprint density at radius 3 is 2.57 bits per heavy atom. The minimum Gasteiger partial charge on any atom is -0.366 e. The molecule has 0 spiro atoms. The first-order valence-corrected chi connectivity index (χ1v) is 6.64. The minimum absolute atomic E-state index is 0.280. The summed E-state index contributed by atoms with van der Waals surface area (Å²) in [6.45, 7) is 0. The van der Waals surface area contributed by atoms with Gasteiger partial charge in [-0.2, -0.15) is 0 Å². The molecule has 104 valence electrons. The number of carbonyl (C=O) groups is 2. The maximum absolute atomic E-state index is 11.7. The number of rotatable bonds is 4. The fourth-order valence-electron chi connectivity index (χ4n) is 2.61. The van der Waals surface area contributed by atoms with E-state index in [0.717, 1.165) is 22.9 Å². The molecule has 0 fully saturated rings. The van der Waals surface area contributed by atoms with E-state index in [0.29, 0.717) is 11.3 Å². The number of hydrogen-bond acceptors (Lipinski definition) is 2. The number of nitrogens with zero attached hydrogens (tertiary/aromatic N) is 1. The molecule has 0 atom stereocenters. The molecule has 0 radical (unpaired) electrons. The van der Waals surface area contributed by atoms with Gasteiger partial charge in [0.25, 0.3) is 5.91 Å². The lowest BCUT2D eigenvalue weighted by molar-refractivity contribution is -0.107. The normalized spacial score (nSPS) is 10.7. The van der Waals surface area contributed by atoms with Crippen LogP contribution in [0.1, 0.15) is 16.1 Å². The van der Waals surface area contributed by atoms with Crippen LogP contribution in [-0.4, -0.2) is 16.8 Å². The molecular weight excluding hydrogens is 264 g/mol. The molecule has 0 bridgehead atoms. The second kappa shape index (κ2) is 5.25. The highest BCUT2D eigenvalue weighted by molar-refractivity contribution is 5.97. The summed E-state index contributed by atoms with van der Waals surface area (Å²) in [5, 5.41) is 1.02. The summed E-state index contributed by atoms with van der Waals surface area (Å²) in [7, 11) is 0. The SMILES string of the molecule is NC(=O)c1ccccc1-n1c(CC=O)cc2ccccc21. The van der Waals surface area contributed by atoms with Crippen LogP contribution in [0.2, 0.25) is 0 Å². The van der Waals surface area contributed by atoms with Crippen LogP contribution >= 0.6 is 0 Å². The quantitative estimate of drug-likeness (QED) is 0.745. The summed E-state index contributed by atoms with van der Waals surface area (Å²) < 4.78 is 1.92. The molecule has 4 heteroatoms. The standard InChI is InChI=1S/C17H14N2O2/c18-17(21)14-6-2-4-8-16(14)19-13(9-10-20)11-12-5-1-3-7-15(12)19/h1-8,10-11H,9H2,(H2,18,21). The van der Waals surface area contributed by atoms with Crippen molar-refractivity contribution in [2.24, 2.45) is 5.73 Å². The smallest absolute Gasteiger partial charge is 0.250 e. The summed E-state index contributed by atoms with van der Waals surface area (Å²) in [6, 6.07) is 16.9. The van der Waals surface area contributed by atoms with E-state index in [1.54, 1.807) is 12.1 Å². The number of fused-ring (bicyclic) bond motifs is 1. The van der Waals surface area contributed by atoms with Crippen LogP contribution in [0, 0.1) is 0 Å². The average Bonchev–Trinajstić information content (AvgIpc) is 2.85. The van der Waals surface area contributed by atoms with Gasteiger partial charge in [-0.1, -0.05) is 30.3 Å². The van der Waals surface area contributed by atoms with Crippen LogP contribution in [0.25, 0.3) is 16.6 Å². The summed E-state index contributed by atoms with van der Waals surface area (Å²) in [5.41, 5.74) is 8.38. The Morgan fingerprint density at radius 1 is 1.10 bits per heavy atom. The Labute approximate surface area is 121 Å². The van der Waals surface area contributed by atoms with E-state index >= 15 is 0 Å². The van der Waals surface area contributed by atoms with Gasteiger partial charge in [-0.3, -0.25) is 4.79 Å². The van der Waals surface area contributed by atoms with Gasteiger partial charge in [-0.05, 0) is 24.3 Å². The van der Waals surface area contributed by atoms with Gasteiger partial charge in [0.15, 0.2) is 0 Å². The zero-order chi connectivity index (χ0) is 14.8. The van der Waals surface area contributed by atoms with Gasteiger partial charge in [0, 0.05) is 17.5 Å². The molecule has 0 saturated heterocycles. The highest BCUT2D eigenvalue weighted by atomic mass is 16.1. The van der Waals surface area contributed by atoms with Gasteiger partial charge < -0.3 is 15.1 Å². The van der Waals surface area contributed by atoms with Crippen LogP contribution < -0.4 is 5.73 Å². The number of carbonyl (C=O) groups excluding carboxylic acids is 2. The van der Waals surface area contributed by atoms with E-state index in [4.69, 9.17) is 5.73 Å². The number of aromatic nitrogens is 1. The highest BCUT2D eigenvalue weighted by Crippen LogP contribution is 2.26. The van der Waals surface area contributed by atoms with Crippen molar-refractivity contribution in [2.45, 2.75) is 6.42 Å². The van der Waals surface area contributed by atoms with E-state index in [2.05, 4.69) is 0 Å². The van der Waals surface area contributed by atoms with Gasteiger partial charge in [-0.25, -0.2) is 0 Å². The maximum atomic E-state index is 11.7. The van der Waals surface area contributed by atoms with Crippen LogP contribution in [0.5, 0.6) is 0 Å². The van der Waals surface area contributed by atoms with Crippen LogP contribution in [0.4, 0.5) is 0 Å². The third-order valence-corrected chi connectivity index (χ3v) is 3.49. The number of amides is 1. The largest absolute Gasteiger partial charge is 0.366 e. The lowest BCUT2D eigenvalue weighted by Crippen LogP contribution is -2.15. The number of aldehydes is 1. The lowest BCUT2D eigenvalue weighted by Gasteiger charge is -2.12. The number of nitrogens with two attached hydrogens (primary N) is 1. The van der Waals surface area contributed by atoms with Crippen molar-refractivity contribution in [3.05, 3.63) is 65.9 Å². The van der Waals surface area contributed by atoms with Crippen LogP contribution in [0.15, 0.2) is 54.6 Å². The Bertz CT molecular complexity index is 834. The molecule has 3 aromatic rings. The molecule has 0 saturated carbocycles. The Kier molecular flexibility index (Phi) is 3.28. The van der Waals surface area contributed by atoms with Crippen molar-refractivity contribution in [2.75, 3.05) is 0 Å². The van der Waals surface area contributed by atoms with E-state index in [9.17, 15) is 9.59 Å². The molecule has 0 unspecified atom stereocenters. The molecule has 0 aliphatic carbocycles. The molecule has 0 aliphatic rings. The van der Waals surface area contributed by atoms with Gasteiger partial charge >= 0.3 is 0 Å². The molecule has 3 rings (SSSR count). The molecular formula is C17H14N2O2. The Morgan fingerprint density at radius 2 is 1.81 bits per heavy atom. The first-order valence-electron chi connectivity index (χ1n) is 6.64. The fourth-order valence-corrected chi connectivity index (χ4v) is 2.61. The first-order chi connectivity index (χ1) is 10.2. The zero-order valence-electron chi connectivity index (χ0n) is 11.3. The van der Waals surface area contributed by atoms with Gasteiger partial charge in [0.1, 0.15) is 6.29 Å². The molecule has 1 amide bonds. The fraction of sp³-hybridized carbons (Fsp3) is 0.0588. The van der Waals surface area contributed by atoms with Crippen molar-refractivity contribution in [1.29, 1.82) is 0 Å². The van der Waals surface area contributed by atoms with Crippen molar-refractivity contribution in [1.82, 2.24) is 4.57 Å². The van der Waals surface area contributed by atoms with E-state index in [-0.39, 0.29) is 6.42 Å². The number of benzene rings is 2. The number of hydrogen-bond donors (Lipinski definition) is 1. The molecule has 4 nitrogen and oxygen atoms in total. The molecule has 1 aromatic heterocycles. The summed E-state index contributed by atoms with van der Waals surface area (Å²) >= 11 is 0. The highest BCUT2D eigenvalue weighted by Gasteiger charge is 2.15. The lowest BCUT2D eigenvalue weighted by atomic mass is 10.1. The third-order valence-electron chi connectivity index (χ3n) is 3.49. The van der Waals surface area contributed by atoms with Crippen LogP contribution in [-0.2, 0) is 11.2 Å². The first kappa shape index (κ1) is 13.1. The van der Waals surface area contributed by atoms with Crippen molar-refractivity contribution >= 4 is 23.1 Å². The van der Waals surface area contributed by atoms with E-state index in [1.807, 2.05) is 47.0 Å².